The number of ether oxygens (including phenoxy) is 2. The van der Waals surface area contributed by atoms with Crippen LogP contribution < -0.4 is 4.90 Å². The number of hydrogen-bond donors (Lipinski definition) is 0. The van der Waals surface area contributed by atoms with Crippen LogP contribution in [0.4, 0.5) is 18.9 Å². The predicted octanol–water partition coefficient (Wildman–Crippen LogP) is 4.82. The molecule has 1 unspecified atom stereocenters. The molecular formula is C22H26ClF3N6O2. The summed E-state index contributed by atoms with van der Waals surface area (Å²) < 4.78 is 54.7. The fourth-order valence-electron chi connectivity index (χ4n) is 4.81. The van der Waals surface area contributed by atoms with Gasteiger partial charge in [0.05, 0.1) is 17.5 Å². The van der Waals surface area contributed by atoms with Crippen LogP contribution in [0.1, 0.15) is 38.3 Å². The Labute approximate surface area is 199 Å². The Hall–Kier alpha value is -2.37. The number of nitrogens with zero attached hydrogens (tertiary/aromatic N) is 6. The quantitative estimate of drug-likeness (QED) is 0.469. The minimum Gasteiger partial charge on any atom is -0.381 e. The van der Waals surface area contributed by atoms with Crippen LogP contribution in [0.5, 0.6) is 0 Å². The zero-order valence-corrected chi connectivity index (χ0v) is 19.5. The van der Waals surface area contributed by atoms with Crippen LogP contribution in [-0.2, 0) is 16.0 Å². The smallest absolute Gasteiger partial charge is 0.381 e. The molecule has 184 valence electrons. The Morgan fingerprint density at radius 2 is 2.00 bits per heavy atom. The van der Waals surface area contributed by atoms with Crippen LogP contribution in [0.2, 0.25) is 5.15 Å². The number of piperidine rings is 1. The second-order valence-electron chi connectivity index (χ2n) is 8.69. The van der Waals surface area contributed by atoms with E-state index in [-0.39, 0.29) is 17.5 Å². The molecule has 3 aromatic heterocycles. The number of methoxy groups -OCH3 is 1. The van der Waals surface area contributed by atoms with E-state index in [1.165, 1.54) is 0 Å². The van der Waals surface area contributed by atoms with Crippen LogP contribution in [0.3, 0.4) is 0 Å². The first-order valence-corrected chi connectivity index (χ1v) is 11.8. The van der Waals surface area contributed by atoms with E-state index in [2.05, 4.69) is 15.2 Å². The van der Waals surface area contributed by atoms with Crippen molar-refractivity contribution in [3.05, 3.63) is 23.5 Å². The topological polar surface area (TPSA) is 70.2 Å². The molecule has 12 heteroatoms. The normalized spacial score (nSPS) is 20.4. The van der Waals surface area contributed by atoms with Gasteiger partial charge in [-0.1, -0.05) is 11.6 Å². The van der Waals surface area contributed by atoms with E-state index in [1.54, 1.807) is 30.1 Å². The molecule has 2 aliphatic heterocycles. The molecular weight excluding hydrogens is 473 g/mol. The molecule has 0 spiro atoms. The molecule has 2 fully saturated rings. The molecule has 34 heavy (non-hydrogen) atoms. The summed E-state index contributed by atoms with van der Waals surface area (Å²) in [6.07, 6.45) is 1.23. The Morgan fingerprint density at radius 1 is 1.21 bits per heavy atom. The first kappa shape index (κ1) is 23.4. The maximum atomic E-state index is 13.6. The maximum absolute atomic E-state index is 13.6. The van der Waals surface area contributed by atoms with Crippen molar-refractivity contribution < 1.29 is 22.6 Å². The maximum Gasteiger partial charge on any atom is 0.408 e. The van der Waals surface area contributed by atoms with Crippen LogP contribution >= 0.6 is 11.6 Å². The zero-order chi connectivity index (χ0) is 23.9. The molecule has 0 N–H and O–H groups in total. The average molecular weight is 499 g/mol. The Bertz CT molecular complexity index is 1150. The zero-order valence-electron chi connectivity index (χ0n) is 18.8. The van der Waals surface area contributed by atoms with Crippen molar-refractivity contribution in [2.75, 3.05) is 31.7 Å². The highest BCUT2D eigenvalue weighted by Gasteiger charge is 2.33. The van der Waals surface area contributed by atoms with Gasteiger partial charge in [0.2, 0.25) is 0 Å². The fraction of sp³-hybridized carbons (Fsp3) is 0.591. The highest BCUT2D eigenvalue weighted by atomic mass is 35.5. The Morgan fingerprint density at radius 3 is 2.68 bits per heavy atom. The molecule has 0 bridgehead atoms. The summed E-state index contributed by atoms with van der Waals surface area (Å²) in [5, 5.41) is 9.00. The lowest BCUT2D eigenvalue weighted by atomic mass is 10.1. The summed E-state index contributed by atoms with van der Waals surface area (Å²) in [4.78, 5) is 6.47. The summed E-state index contributed by atoms with van der Waals surface area (Å²) in [7, 11) is 1.67. The van der Waals surface area contributed by atoms with E-state index in [1.807, 2.05) is 4.90 Å². The summed E-state index contributed by atoms with van der Waals surface area (Å²) in [5.74, 6) is 0. The third kappa shape index (κ3) is 4.60. The van der Waals surface area contributed by atoms with Gasteiger partial charge in [-0.05, 0) is 38.2 Å². The number of alkyl halides is 3. The summed E-state index contributed by atoms with van der Waals surface area (Å²) in [5.41, 5.74) is 2.08. The molecule has 1 atom stereocenters. The van der Waals surface area contributed by atoms with Crippen LogP contribution in [-0.4, -0.2) is 63.6 Å². The van der Waals surface area contributed by atoms with Gasteiger partial charge >= 0.3 is 6.18 Å². The predicted molar refractivity (Wildman–Crippen MR) is 121 cm³/mol. The van der Waals surface area contributed by atoms with Crippen molar-refractivity contribution in [3.63, 3.8) is 0 Å². The molecule has 0 saturated carbocycles. The molecule has 0 radical (unpaired) electrons. The highest BCUT2D eigenvalue weighted by Crippen LogP contribution is 2.38. The van der Waals surface area contributed by atoms with E-state index in [0.717, 1.165) is 36.8 Å². The monoisotopic (exact) mass is 498 g/mol. The standard InChI is InChI=1S/C22H26ClF3N6O2/c1-33-14-6-9-30(10-7-14)16-12-17(23)28-20-19(29-31(21(16)20)13-22(24,25)26)15-5-8-27-32(15)18-4-2-3-11-34-18/h5,8,12,14,18H,2-4,6-7,9-11,13H2,1H3. The first-order valence-electron chi connectivity index (χ1n) is 11.4. The lowest BCUT2D eigenvalue weighted by Crippen LogP contribution is -2.37. The molecule has 5 heterocycles. The number of fused-ring (bicyclic) bond motifs is 1. The second kappa shape index (κ2) is 9.35. The second-order valence-corrected chi connectivity index (χ2v) is 9.07. The van der Waals surface area contributed by atoms with E-state index in [9.17, 15) is 13.2 Å². The molecule has 2 saturated heterocycles. The van der Waals surface area contributed by atoms with E-state index < -0.39 is 12.7 Å². The Kier molecular flexibility index (Phi) is 6.43. The number of halogens is 4. The van der Waals surface area contributed by atoms with Gasteiger partial charge in [-0.15, -0.1) is 0 Å². The largest absolute Gasteiger partial charge is 0.408 e. The van der Waals surface area contributed by atoms with Gasteiger partial charge in [-0.2, -0.15) is 23.4 Å². The SMILES string of the molecule is COC1CCN(c2cc(Cl)nc3c(-c4ccnn4C4CCCCO4)nn(CC(F)(F)F)c23)CC1. The summed E-state index contributed by atoms with van der Waals surface area (Å²) in [6, 6.07) is 3.35. The number of pyridine rings is 1. The van der Waals surface area contributed by atoms with Crippen molar-refractivity contribution in [1.29, 1.82) is 0 Å². The third-order valence-corrected chi connectivity index (χ3v) is 6.62. The number of hydrogen-bond acceptors (Lipinski definition) is 6. The number of rotatable bonds is 5. The van der Waals surface area contributed by atoms with Crippen molar-refractivity contribution in [2.24, 2.45) is 0 Å². The third-order valence-electron chi connectivity index (χ3n) is 6.43. The van der Waals surface area contributed by atoms with Gasteiger partial charge in [-0.25, -0.2) is 9.67 Å². The van der Waals surface area contributed by atoms with Crippen LogP contribution in [0.25, 0.3) is 22.4 Å². The summed E-state index contributed by atoms with van der Waals surface area (Å²) in [6.45, 7) is 0.643. The van der Waals surface area contributed by atoms with Gasteiger partial charge in [0.1, 0.15) is 28.4 Å². The lowest BCUT2D eigenvalue weighted by molar-refractivity contribution is -0.141. The number of aromatic nitrogens is 5. The molecule has 3 aromatic rings. The van der Waals surface area contributed by atoms with Crippen molar-refractivity contribution >= 4 is 28.3 Å². The molecule has 5 rings (SSSR count). The highest BCUT2D eigenvalue weighted by molar-refractivity contribution is 6.30. The van der Waals surface area contributed by atoms with E-state index in [4.69, 9.17) is 21.1 Å². The summed E-state index contributed by atoms with van der Waals surface area (Å²) >= 11 is 6.39. The molecule has 0 amide bonds. The van der Waals surface area contributed by atoms with Gasteiger partial charge in [-0.3, -0.25) is 4.68 Å². The van der Waals surface area contributed by atoms with Crippen LogP contribution in [0.15, 0.2) is 18.3 Å². The Balaban J connectivity index is 1.65. The van der Waals surface area contributed by atoms with Gasteiger partial charge in [0.25, 0.3) is 0 Å². The molecule has 0 aromatic carbocycles. The first-order chi connectivity index (χ1) is 16.3. The lowest BCUT2D eigenvalue weighted by Gasteiger charge is -2.33. The van der Waals surface area contributed by atoms with Gasteiger partial charge in [0, 0.05) is 39.1 Å². The molecule has 0 aliphatic carbocycles. The van der Waals surface area contributed by atoms with Gasteiger partial charge in [0.15, 0.2) is 6.23 Å². The van der Waals surface area contributed by atoms with Gasteiger partial charge < -0.3 is 14.4 Å². The van der Waals surface area contributed by atoms with Crippen LogP contribution in [0, 0.1) is 0 Å². The van der Waals surface area contributed by atoms with Crippen molar-refractivity contribution in [1.82, 2.24) is 24.5 Å². The number of anilines is 1. The van der Waals surface area contributed by atoms with E-state index in [0.29, 0.717) is 47.8 Å². The minimum absolute atomic E-state index is 0.129. The average Bonchev–Trinajstić information content (AvgIpc) is 3.43. The molecule has 2 aliphatic rings. The van der Waals surface area contributed by atoms with Crippen molar-refractivity contribution in [3.8, 4) is 11.4 Å². The van der Waals surface area contributed by atoms with Crippen molar-refractivity contribution in [2.45, 2.75) is 57.2 Å². The molecule has 8 nitrogen and oxygen atoms in total. The fourth-order valence-corrected chi connectivity index (χ4v) is 5.00. The minimum atomic E-state index is -4.46. The van der Waals surface area contributed by atoms with E-state index >= 15 is 0 Å².